The number of aromatic hydroxyl groups is 1. The number of aliphatic carboxylic acids is 1. The molecule has 1 aromatic carbocycles. The summed E-state index contributed by atoms with van der Waals surface area (Å²) in [6.07, 6.45) is 1.47. The molecule has 1 unspecified atom stereocenters. The van der Waals surface area contributed by atoms with Crippen molar-refractivity contribution >= 4 is 40.9 Å². The predicted molar refractivity (Wildman–Crippen MR) is 86.0 cm³/mol. The van der Waals surface area contributed by atoms with Gasteiger partial charge >= 0.3 is 5.97 Å². The molecular formula is C15H14N2O6S. The molecule has 0 aliphatic carbocycles. The first-order chi connectivity index (χ1) is 11.3. The van der Waals surface area contributed by atoms with Gasteiger partial charge < -0.3 is 15.5 Å². The van der Waals surface area contributed by atoms with E-state index in [0.29, 0.717) is 17.3 Å². The van der Waals surface area contributed by atoms with Gasteiger partial charge in [-0.3, -0.25) is 24.1 Å². The van der Waals surface area contributed by atoms with Gasteiger partial charge in [-0.15, -0.1) is 0 Å². The van der Waals surface area contributed by atoms with Crippen molar-refractivity contribution in [2.45, 2.75) is 13.0 Å². The first-order valence-electron chi connectivity index (χ1n) is 6.84. The molecule has 2 rings (SSSR count). The van der Waals surface area contributed by atoms with Crippen molar-refractivity contribution in [1.82, 2.24) is 10.2 Å². The van der Waals surface area contributed by atoms with Crippen LogP contribution in [-0.2, 0) is 14.4 Å². The molecule has 1 fully saturated rings. The number of nitrogens with zero attached hydrogens (tertiary/aromatic N) is 1. The summed E-state index contributed by atoms with van der Waals surface area (Å²) >= 11 is 0.688. The number of phenols is 1. The highest BCUT2D eigenvalue weighted by molar-refractivity contribution is 8.18. The lowest BCUT2D eigenvalue weighted by Crippen LogP contribution is -2.45. The molecule has 0 saturated carbocycles. The molecule has 9 heteroatoms. The average Bonchev–Trinajstić information content (AvgIpc) is 2.77. The number of rotatable bonds is 5. The molecule has 1 saturated heterocycles. The molecule has 24 heavy (non-hydrogen) atoms. The summed E-state index contributed by atoms with van der Waals surface area (Å²) in [6.45, 7) is 0.730. The van der Waals surface area contributed by atoms with Gasteiger partial charge in [0.05, 0.1) is 4.91 Å². The van der Waals surface area contributed by atoms with Crippen LogP contribution in [0.25, 0.3) is 6.08 Å². The summed E-state index contributed by atoms with van der Waals surface area (Å²) in [7, 11) is 0. The van der Waals surface area contributed by atoms with E-state index in [1.54, 1.807) is 12.1 Å². The Bertz CT molecular complexity index is 728. The van der Waals surface area contributed by atoms with Crippen molar-refractivity contribution in [3.05, 3.63) is 34.7 Å². The Morgan fingerprint density at radius 2 is 1.92 bits per heavy atom. The number of amides is 3. The Kier molecular flexibility index (Phi) is 5.24. The molecule has 0 bridgehead atoms. The van der Waals surface area contributed by atoms with Crippen molar-refractivity contribution in [1.29, 1.82) is 0 Å². The summed E-state index contributed by atoms with van der Waals surface area (Å²) in [5.74, 6) is -2.51. The zero-order chi connectivity index (χ0) is 17.9. The largest absolute Gasteiger partial charge is 0.508 e. The Morgan fingerprint density at radius 1 is 1.29 bits per heavy atom. The van der Waals surface area contributed by atoms with Crippen LogP contribution in [0.3, 0.4) is 0 Å². The Labute approximate surface area is 141 Å². The van der Waals surface area contributed by atoms with Crippen LogP contribution in [0.4, 0.5) is 4.79 Å². The number of imide groups is 1. The van der Waals surface area contributed by atoms with E-state index in [9.17, 15) is 24.3 Å². The number of nitrogens with one attached hydrogen (secondary N) is 1. The second-order valence-corrected chi connectivity index (χ2v) is 5.98. The van der Waals surface area contributed by atoms with Crippen LogP contribution >= 0.6 is 11.8 Å². The van der Waals surface area contributed by atoms with E-state index in [2.05, 4.69) is 5.32 Å². The van der Waals surface area contributed by atoms with Crippen LogP contribution in [-0.4, -0.2) is 50.7 Å². The maximum atomic E-state index is 12.2. The first kappa shape index (κ1) is 17.5. The zero-order valence-electron chi connectivity index (χ0n) is 12.6. The number of hydrogen-bond donors (Lipinski definition) is 3. The van der Waals surface area contributed by atoms with Crippen molar-refractivity contribution in [2.24, 2.45) is 0 Å². The highest BCUT2D eigenvalue weighted by Gasteiger charge is 2.36. The lowest BCUT2D eigenvalue weighted by molar-refractivity contribution is -0.141. The fourth-order valence-electron chi connectivity index (χ4n) is 1.85. The minimum atomic E-state index is -1.22. The molecule has 1 aliphatic rings. The van der Waals surface area contributed by atoms with Crippen LogP contribution in [0.1, 0.15) is 12.5 Å². The van der Waals surface area contributed by atoms with Gasteiger partial charge in [-0.25, -0.2) is 0 Å². The van der Waals surface area contributed by atoms with Gasteiger partial charge in [0, 0.05) is 0 Å². The SMILES string of the molecule is CC(NC(=O)CN1C(=O)S/C(=C\c2ccc(O)cc2)C1=O)C(=O)O. The zero-order valence-corrected chi connectivity index (χ0v) is 13.4. The average molecular weight is 350 g/mol. The third-order valence-electron chi connectivity index (χ3n) is 3.11. The number of phenolic OH excluding ortho intramolecular Hbond substituents is 1. The number of carbonyl (C=O) groups excluding carboxylic acids is 3. The molecule has 1 aliphatic heterocycles. The van der Waals surface area contributed by atoms with Crippen molar-refractivity contribution in [3.63, 3.8) is 0 Å². The van der Waals surface area contributed by atoms with Gasteiger partial charge in [0.2, 0.25) is 5.91 Å². The summed E-state index contributed by atoms with van der Waals surface area (Å²) in [5.41, 5.74) is 0.613. The minimum absolute atomic E-state index is 0.0736. The second kappa shape index (κ2) is 7.18. The molecule has 1 atom stereocenters. The number of thioether (sulfide) groups is 1. The van der Waals surface area contributed by atoms with Gasteiger partial charge in [-0.1, -0.05) is 12.1 Å². The third kappa shape index (κ3) is 4.13. The molecule has 0 spiro atoms. The van der Waals surface area contributed by atoms with E-state index in [1.807, 2.05) is 0 Å². The molecule has 0 aromatic heterocycles. The maximum Gasteiger partial charge on any atom is 0.325 e. The molecule has 1 aromatic rings. The van der Waals surface area contributed by atoms with Gasteiger partial charge in [0.1, 0.15) is 18.3 Å². The summed E-state index contributed by atoms with van der Waals surface area (Å²) < 4.78 is 0. The quantitative estimate of drug-likeness (QED) is 0.677. The van der Waals surface area contributed by atoms with Gasteiger partial charge in [0.15, 0.2) is 0 Å². The number of carbonyl (C=O) groups is 4. The normalized spacial score (nSPS) is 17.2. The highest BCUT2D eigenvalue weighted by atomic mass is 32.2. The van der Waals surface area contributed by atoms with Crippen molar-refractivity contribution in [3.8, 4) is 5.75 Å². The number of carboxylic acids is 1. The molecule has 126 valence electrons. The monoisotopic (exact) mass is 350 g/mol. The van der Waals surface area contributed by atoms with Gasteiger partial charge in [0.25, 0.3) is 11.1 Å². The van der Waals surface area contributed by atoms with Crippen LogP contribution in [0.5, 0.6) is 5.75 Å². The van der Waals surface area contributed by atoms with Crippen LogP contribution in [0.2, 0.25) is 0 Å². The molecule has 1 heterocycles. The summed E-state index contributed by atoms with van der Waals surface area (Å²) in [4.78, 5) is 47.4. The maximum absolute atomic E-state index is 12.2. The van der Waals surface area contributed by atoms with E-state index in [0.717, 1.165) is 4.90 Å². The molecule has 8 nitrogen and oxygen atoms in total. The van der Waals surface area contributed by atoms with E-state index in [1.165, 1.54) is 25.1 Å². The van der Waals surface area contributed by atoms with E-state index >= 15 is 0 Å². The van der Waals surface area contributed by atoms with Gasteiger partial charge in [-0.05, 0) is 42.5 Å². The van der Waals surface area contributed by atoms with Crippen molar-refractivity contribution < 1.29 is 29.4 Å². The van der Waals surface area contributed by atoms with Crippen LogP contribution in [0.15, 0.2) is 29.2 Å². The molecule has 3 amide bonds. The summed E-state index contributed by atoms with van der Waals surface area (Å²) in [6, 6.07) is 4.91. The lowest BCUT2D eigenvalue weighted by atomic mass is 10.2. The fourth-order valence-corrected chi connectivity index (χ4v) is 2.69. The number of benzene rings is 1. The van der Waals surface area contributed by atoms with E-state index in [-0.39, 0.29) is 10.7 Å². The third-order valence-corrected chi connectivity index (χ3v) is 4.02. The van der Waals surface area contributed by atoms with Gasteiger partial charge in [-0.2, -0.15) is 0 Å². The highest BCUT2D eigenvalue weighted by Crippen LogP contribution is 2.32. The molecule has 0 radical (unpaired) electrons. The predicted octanol–water partition coefficient (Wildman–Crippen LogP) is 1.02. The smallest absolute Gasteiger partial charge is 0.325 e. The van der Waals surface area contributed by atoms with Crippen molar-refractivity contribution in [2.75, 3.05) is 6.54 Å². The second-order valence-electron chi connectivity index (χ2n) is 4.99. The first-order valence-corrected chi connectivity index (χ1v) is 7.66. The molecule has 3 N–H and O–H groups in total. The Balaban J connectivity index is 2.07. The Hall–Kier alpha value is -2.81. The number of carboxylic acid groups (broad SMARTS) is 1. The minimum Gasteiger partial charge on any atom is -0.508 e. The van der Waals surface area contributed by atoms with Crippen LogP contribution in [0, 0.1) is 0 Å². The lowest BCUT2D eigenvalue weighted by Gasteiger charge is -2.14. The standard InChI is InChI=1S/C15H14N2O6S/c1-8(14(21)22)16-12(19)7-17-13(20)11(24-15(17)23)6-9-2-4-10(18)5-3-9/h2-6,8,18H,7H2,1H3,(H,16,19)(H,21,22)/b11-6-. The Morgan fingerprint density at radius 3 is 2.50 bits per heavy atom. The molecular weight excluding hydrogens is 336 g/mol. The van der Waals surface area contributed by atoms with E-state index < -0.39 is 35.6 Å². The topological polar surface area (TPSA) is 124 Å². The van der Waals surface area contributed by atoms with E-state index in [4.69, 9.17) is 5.11 Å². The number of hydrogen-bond acceptors (Lipinski definition) is 6. The van der Waals surface area contributed by atoms with Crippen LogP contribution < -0.4 is 5.32 Å². The summed E-state index contributed by atoms with van der Waals surface area (Å²) in [5, 5.41) is 19.5. The fraction of sp³-hybridized carbons (Fsp3) is 0.200.